The molecular weight excluding hydrogens is 261 g/mol. The van der Waals surface area contributed by atoms with E-state index in [2.05, 4.69) is 54.4 Å². The Morgan fingerprint density at radius 3 is 2.62 bits per heavy atom. The molecule has 1 nitrogen and oxygen atoms in total. The fourth-order valence-electron chi connectivity index (χ4n) is 1.89. The number of rotatable bonds is 1. The standard InChI is InChI=1S/C14H11NSe/c1-10-9-15-14(16-10)13-8-4-6-11-5-2-3-7-12(11)13/h2-9H,1H3. The number of hydrogen-bond acceptors (Lipinski definition) is 1. The molecule has 0 unspecified atom stereocenters. The number of aromatic nitrogens is 1. The van der Waals surface area contributed by atoms with Gasteiger partial charge >= 0.3 is 100 Å². The average Bonchev–Trinajstić information content (AvgIpc) is 2.75. The second-order valence-electron chi connectivity index (χ2n) is 3.80. The van der Waals surface area contributed by atoms with Crippen LogP contribution in [-0.4, -0.2) is 19.5 Å². The van der Waals surface area contributed by atoms with E-state index in [0.717, 1.165) is 0 Å². The first-order valence-corrected chi connectivity index (χ1v) is 6.96. The van der Waals surface area contributed by atoms with Crippen LogP contribution in [0.5, 0.6) is 0 Å². The van der Waals surface area contributed by atoms with Crippen LogP contribution in [0.15, 0.2) is 48.7 Å². The molecule has 78 valence electrons. The molecule has 0 amide bonds. The summed E-state index contributed by atoms with van der Waals surface area (Å²) in [7, 11) is 0. The van der Waals surface area contributed by atoms with Crippen LogP contribution >= 0.6 is 0 Å². The SMILES string of the molecule is Cc1cnc(-c2cccc3ccccc23)[se]1. The molecule has 3 rings (SSSR count). The molecule has 0 fully saturated rings. The molecule has 2 aromatic carbocycles. The fraction of sp³-hybridized carbons (Fsp3) is 0.0714. The van der Waals surface area contributed by atoms with Gasteiger partial charge in [-0.05, 0) is 0 Å². The van der Waals surface area contributed by atoms with Gasteiger partial charge in [-0.2, -0.15) is 0 Å². The van der Waals surface area contributed by atoms with Crippen molar-refractivity contribution in [2.75, 3.05) is 0 Å². The summed E-state index contributed by atoms with van der Waals surface area (Å²) in [5.74, 6) is 0. The van der Waals surface area contributed by atoms with Gasteiger partial charge in [-0.15, -0.1) is 0 Å². The van der Waals surface area contributed by atoms with Gasteiger partial charge in [0.25, 0.3) is 0 Å². The second-order valence-corrected chi connectivity index (χ2v) is 6.39. The summed E-state index contributed by atoms with van der Waals surface area (Å²) in [6, 6.07) is 14.9. The summed E-state index contributed by atoms with van der Waals surface area (Å²) in [6.07, 6.45) is 2.00. The number of aryl methyl sites for hydroxylation is 1. The molecule has 0 saturated heterocycles. The monoisotopic (exact) mass is 273 g/mol. The first-order valence-electron chi connectivity index (χ1n) is 5.25. The third-order valence-electron chi connectivity index (χ3n) is 2.64. The third kappa shape index (κ3) is 1.60. The summed E-state index contributed by atoms with van der Waals surface area (Å²) < 4.78 is 2.65. The fourth-order valence-corrected chi connectivity index (χ4v) is 3.58. The summed E-state index contributed by atoms with van der Waals surface area (Å²) in [5, 5.41) is 2.61. The van der Waals surface area contributed by atoms with Gasteiger partial charge in [0, 0.05) is 0 Å². The van der Waals surface area contributed by atoms with Gasteiger partial charge in [0.05, 0.1) is 0 Å². The van der Waals surface area contributed by atoms with E-state index in [9.17, 15) is 0 Å². The Kier molecular flexibility index (Phi) is 2.39. The van der Waals surface area contributed by atoms with E-state index in [1.807, 2.05) is 6.20 Å². The molecule has 0 spiro atoms. The van der Waals surface area contributed by atoms with Crippen LogP contribution in [0.1, 0.15) is 4.44 Å². The number of nitrogens with zero attached hydrogens (tertiary/aromatic N) is 1. The normalized spacial score (nSPS) is 10.8. The van der Waals surface area contributed by atoms with Crippen molar-refractivity contribution in [3.8, 4) is 10.1 Å². The van der Waals surface area contributed by atoms with Crippen LogP contribution in [0.25, 0.3) is 20.9 Å². The Hall–Kier alpha value is -1.37. The van der Waals surface area contributed by atoms with Crippen LogP contribution in [-0.2, 0) is 0 Å². The Labute approximate surface area is 101 Å². The maximum absolute atomic E-state index is 4.52. The zero-order valence-corrected chi connectivity index (χ0v) is 10.7. The van der Waals surface area contributed by atoms with Gasteiger partial charge in [0.1, 0.15) is 0 Å². The van der Waals surface area contributed by atoms with E-state index in [-0.39, 0.29) is 0 Å². The zero-order chi connectivity index (χ0) is 11.0. The van der Waals surface area contributed by atoms with Crippen molar-refractivity contribution in [2.45, 2.75) is 6.92 Å². The Morgan fingerprint density at radius 1 is 1.00 bits per heavy atom. The summed E-state index contributed by atoms with van der Waals surface area (Å²) in [4.78, 5) is 4.52. The molecule has 0 N–H and O–H groups in total. The van der Waals surface area contributed by atoms with E-state index in [4.69, 9.17) is 0 Å². The second kappa shape index (κ2) is 3.89. The first-order chi connectivity index (χ1) is 7.84. The van der Waals surface area contributed by atoms with Gasteiger partial charge in [0.2, 0.25) is 0 Å². The summed E-state index contributed by atoms with van der Waals surface area (Å²) >= 11 is 0.407. The van der Waals surface area contributed by atoms with Crippen molar-refractivity contribution in [1.82, 2.24) is 4.98 Å². The van der Waals surface area contributed by atoms with Crippen LogP contribution in [0, 0.1) is 6.92 Å². The molecular formula is C14H11NSe. The molecule has 16 heavy (non-hydrogen) atoms. The van der Waals surface area contributed by atoms with Crippen molar-refractivity contribution < 1.29 is 0 Å². The Balaban J connectivity index is 2.31. The number of fused-ring (bicyclic) bond motifs is 1. The van der Waals surface area contributed by atoms with Crippen molar-refractivity contribution in [3.63, 3.8) is 0 Å². The van der Waals surface area contributed by atoms with Crippen LogP contribution < -0.4 is 0 Å². The molecule has 2 heteroatoms. The minimum absolute atomic E-state index is 0.407. The molecule has 1 aromatic heterocycles. The van der Waals surface area contributed by atoms with Gasteiger partial charge in [-0.3, -0.25) is 0 Å². The predicted molar refractivity (Wildman–Crippen MR) is 68.9 cm³/mol. The molecule has 0 radical (unpaired) electrons. The molecule has 0 aliphatic heterocycles. The quantitative estimate of drug-likeness (QED) is 0.620. The first kappa shape index (κ1) is 9.83. The van der Waals surface area contributed by atoms with E-state index in [0.29, 0.717) is 14.5 Å². The van der Waals surface area contributed by atoms with E-state index >= 15 is 0 Å². The molecule has 0 aliphatic rings. The van der Waals surface area contributed by atoms with E-state index < -0.39 is 0 Å². The van der Waals surface area contributed by atoms with Crippen LogP contribution in [0.2, 0.25) is 0 Å². The van der Waals surface area contributed by atoms with Crippen LogP contribution in [0.3, 0.4) is 0 Å². The van der Waals surface area contributed by atoms with E-state index in [1.54, 1.807) is 0 Å². The maximum atomic E-state index is 4.52. The van der Waals surface area contributed by atoms with E-state index in [1.165, 1.54) is 25.3 Å². The topological polar surface area (TPSA) is 12.9 Å². The zero-order valence-electron chi connectivity index (χ0n) is 8.97. The van der Waals surface area contributed by atoms with Crippen molar-refractivity contribution in [3.05, 3.63) is 53.1 Å². The van der Waals surface area contributed by atoms with Gasteiger partial charge in [-0.25, -0.2) is 0 Å². The molecule has 0 bridgehead atoms. The summed E-state index contributed by atoms with van der Waals surface area (Å²) in [5.41, 5.74) is 1.30. The van der Waals surface area contributed by atoms with Gasteiger partial charge in [-0.1, -0.05) is 0 Å². The molecule has 3 aromatic rings. The third-order valence-corrected chi connectivity index (χ3v) is 4.63. The molecule has 0 aliphatic carbocycles. The molecule has 0 atom stereocenters. The van der Waals surface area contributed by atoms with Crippen molar-refractivity contribution >= 4 is 25.3 Å². The Morgan fingerprint density at radius 2 is 1.81 bits per heavy atom. The predicted octanol–water partition coefficient (Wildman–Crippen LogP) is 3.27. The van der Waals surface area contributed by atoms with Crippen LogP contribution in [0.4, 0.5) is 0 Å². The number of hydrogen-bond donors (Lipinski definition) is 0. The summed E-state index contributed by atoms with van der Waals surface area (Å²) in [6.45, 7) is 2.15. The van der Waals surface area contributed by atoms with Crippen molar-refractivity contribution in [2.24, 2.45) is 0 Å². The number of benzene rings is 2. The molecule has 0 saturated carbocycles. The average molecular weight is 272 g/mol. The van der Waals surface area contributed by atoms with Gasteiger partial charge < -0.3 is 0 Å². The van der Waals surface area contributed by atoms with Crippen molar-refractivity contribution in [1.29, 1.82) is 0 Å². The Bertz CT molecular complexity index is 635. The minimum atomic E-state index is 0.407. The molecule has 1 heterocycles. The van der Waals surface area contributed by atoms with Gasteiger partial charge in [0.15, 0.2) is 0 Å².